The van der Waals surface area contributed by atoms with Crippen molar-refractivity contribution in [1.82, 2.24) is 4.98 Å². The van der Waals surface area contributed by atoms with E-state index in [1.807, 2.05) is 6.92 Å². The van der Waals surface area contributed by atoms with E-state index in [1.54, 1.807) is 0 Å². The average molecular weight is 285 g/mol. The van der Waals surface area contributed by atoms with E-state index in [0.717, 1.165) is 38.2 Å². The van der Waals surface area contributed by atoms with Crippen molar-refractivity contribution < 1.29 is 13.9 Å². The third kappa shape index (κ3) is 3.17. The SMILES string of the molecule is CCCNc1nc(NC2(CO)CCCC2)c(F)cc1F. The van der Waals surface area contributed by atoms with Gasteiger partial charge < -0.3 is 15.7 Å². The molecule has 3 N–H and O–H groups in total. The molecule has 4 nitrogen and oxygen atoms in total. The molecule has 1 aromatic heterocycles. The van der Waals surface area contributed by atoms with Crippen LogP contribution in [0.1, 0.15) is 39.0 Å². The van der Waals surface area contributed by atoms with Gasteiger partial charge in [-0.2, -0.15) is 0 Å². The maximum Gasteiger partial charge on any atom is 0.168 e. The largest absolute Gasteiger partial charge is 0.394 e. The van der Waals surface area contributed by atoms with Crippen molar-refractivity contribution in [3.63, 3.8) is 0 Å². The number of hydrogen-bond acceptors (Lipinski definition) is 4. The minimum absolute atomic E-state index is 0.000882. The Morgan fingerprint density at radius 3 is 2.50 bits per heavy atom. The lowest BCUT2D eigenvalue weighted by Gasteiger charge is -2.29. The number of nitrogens with one attached hydrogen (secondary N) is 2. The topological polar surface area (TPSA) is 57.2 Å². The number of halogens is 2. The predicted octanol–water partition coefficient (Wildman–Crippen LogP) is 2.90. The fraction of sp³-hybridized carbons (Fsp3) is 0.643. The minimum Gasteiger partial charge on any atom is -0.394 e. The number of hydrogen-bond donors (Lipinski definition) is 3. The molecule has 1 fully saturated rings. The Balaban J connectivity index is 2.22. The van der Waals surface area contributed by atoms with Gasteiger partial charge in [-0.1, -0.05) is 19.8 Å². The Kier molecular flexibility index (Phi) is 4.75. The molecule has 0 aromatic carbocycles. The molecule has 0 atom stereocenters. The summed E-state index contributed by atoms with van der Waals surface area (Å²) in [7, 11) is 0. The summed E-state index contributed by atoms with van der Waals surface area (Å²) in [6.45, 7) is 2.44. The van der Waals surface area contributed by atoms with Gasteiger partial charge in [-0.25, -0.2) is 13.8 Å². The first-order valence-electron chi connectivity index (χ1n) is 7.09. The van der Waals surface area contributed by atoms with Gasteiger partial charge in [-0.3, -0.25) is 0 Å². The smallest absolute Gasteiger partial charge is 0.168 e. The first-order chi connectivity index (χ1) is 9.60. The summed E-state index contributed by atoms with van der Waals surface area (Å²) in [5, 5.41) is 15.3. The van der Waals surface area contributed by atoms with Gasteiger partial charge in [0.25, 0.3) is 0 Å². The van der Waals surface area contributed by atoms with Crippen LogP contribution in [0.3, 0.4) is 0 Å². The van der Waals surface area contributed by atoms with Crippen LogP contribution in [0.5, 0.6) is 0 Å². The molecule has 6 heteroatoms. The van der Waals surface area contributed by atoms with E-state index in [9.17, 15) is 13.9 Å². The molecule has 1 heterocycles. The van der Waals surface area contributed by atoms with E-state index in [0.29, 0.717) is 6.54 Å². The quantitative estimate of drug-likeness (QED) is 0.752. The van der Waals surface area contributed by atoms with Crippen LogP contribution in [0.2, 0.25) is 0 Å². The molecule has 0 unspecified atom stereocenters. The summed E-state index contributed by atoms with van der Waals surface area (Å²) in [5.74, 6) is -1.39. The molecular weight excluding hydrogens is 264 g/mol. The maximum absolute atomic E-state index is 13.8. The van der Waals surface area contributed by atoms with Crippen LogP contribution in [0.25, 0.3) is 0 Å². The van der Waals surface area contributed by atoms with Crippen molar-refractivity contribution in [1.29, 1.82) is 0 Å². The Labute approximate surface area is 117 Å². The van der Waals surface area contributed by atoms with Crippen molar-refractivity contribution in [3.05, 3.63) is 17.7 Å². The molecule has 1 aliphatic carbocycles. The van der Waals surface area contributed by atoms with Crippen molar-refractivity contribution in [2.45, 2.75) is 44.6 Å². The summed E-state index contributed by atoms with van der Waals surface area (Å²) in [6, 6.07) is 0.827. The second-order valence-electron chi connectivity index (χ2n) is 5.35. The molecule has 112 valence electrons. The Hall–Kier alpha value is -1.43. The summed E-state index contributed by atoms with van der Waals surface area (Å²) in [4.78, 5) is 3.98. The van der Waals surface area contributed by atoms with Crippen LogP contribution in [-0.4, -0.2) is 28.8 Å². The van der Waals surface area contributed by atoms with Gasteiger partial charge >= 0.3 is 0 Å². The van der Waals surface area contributed by atoms with Gasteiger partial charge in [0.15, 0.2) is 23.3 Å². The van der Waals surface area contributed by atoms with Gasteiger partial charge in [0.2, 0.25) is 0 Å². The van der Waals surface area contributed by atoms with Crippen LogP contribution in [0.4, 0.5) is 20.4 Å². The van der Waals surface area contributed by atoms with Crippen molar-refractivity contribution in [3.8, 4) is 0 Å². The first kappa shape index (κ1) is 15.0. The van der Waals surface area contributed by atoms with E-state index in [2.05, 4.69) is 15.6 Å². The zero-order chi connectivity index (χ0) is 14.6. The lowest BCUT2D eigenvalue weighted by Crippen LogP contribution is -2.39. The number of rotatable bonds is 6. The van der Waals surface area contributed by atoms with Crippen molar-refractivity contribution in [2.24, 2.45) is 0 Å². The lowest BCUT2D eigenvalue weighted by atomic mass is 9.99. The summed E-state index contributed by atoms with van der Waals surface area (Å²) >= 11 is 0. The molecule has 0 amide bonds. The van der Waals surface area contributed by atoms with Gasteiger partial charge in [-0.05, 0) is 19.3 Å². The van der Waals surface area contributed by atoms with Gasteiger partial charge in [0.05, 0.1) is 12.1 Å². The van der Waals surface area contributed by atoms with Gasteiger partial charge in [0.1, 0.15) is 0 Å². The molecule has 1 aliphatic rings. The zero-order valence-corrected chi connectivity index (χ0v) is 11.7. The molecule has 0 saturated heterocycles. The van der Waals surface area contributed by atoms with Crippen molar-refractivity contribution in [2.75, 3.05) is 23.8 Å². The van der Waals surface area contributed by atoms with Crippen molar-refractivity contribution >= 4 is 11.6 Å². The standard InChI is InChI=1S/C14H21F2N3O/c1-2-7-17-12-10(15)8-11(16)13(18-12)19-14(9-20)5-3-4-6-14/h8,20H,2-7,9H2,1H3,(H2,17,18,19). The number of nitrogens with zero attached hydrogens (tertiary/aromatic N) is 1. The van der Waals surface area contributed by atoms with Crippen LogP contribution in [0.15, 0.2) is 6.07 Å². The lowest BCUT2D eigenvalue weighted by molar-refractivity contribution is 0.213. The number of aliphatic hydroxyl groups excluding tert-OH is 1. The van der Waals surface area contributed by atoms with E-state index < -0.39 is 17.2 Å². The van der Waals surface area contributed by atoms with Gasteiger partial charge in [-0.15, -0.1) is 0 Å². The summed E-state index contributed by atoms with van der Waals surface area (Å²) < 4.78 is 27.4. The molecule has 2 rings (SSSR count). The molecule has 0 bridgehead atoms. The second-order valence-corrected chi connectivity index (χ2v) is 5.35. The van der Waals surface area contributed by atoms with Crippen LogP contribution >= 0.6 is 0 Å². The van der Waals surface area contributed by atoms with E-state index >= 15 is 0 Å². The van der Waals surface area contributed by atoms with E-state index in [-0.39, 0.29) is 18.2 Å². The number of pyridine rings is 1. The maximum atomic E-state index is 13.8. The molecule has 0 radical (unpaired) electrons. The molecule has 0 spiro atoms. The Morgan fingerprint density at radius 1 is 1.25 bits per heavy atom. The molecule has 1 aromatic rings. The van der Waals surface area contributed by atoms with Crippen LogP contribution in [0, 0.1) is 11.6 Å². The fourth-order valence-corrected chi connectivity index (χ4v) is 2.55. The molecular formula is C14H21F2N3O. The minimum atomic E-state index is -0.732. The van der Waals surface area contributed by atoms with Crippen LogP contribution in [-0.2, 0) is 0 Å². The fourth-order valence-electron chi connectivity index (χ4n) is 2.55. The monoisotopic (exact) mass is 285 g/mol. The average Bonchev–Trinajstić information content (AvgIpc) is 2.90. The highest BCUT2D eigenvalue weighted by Gasteiger charge is 2.34. The summed E-state index contributed by atoms with van der Waals surface area (Å²) in [5.41, 5.74) is -0.534. The van der Waals surface area contributed by atoms with Gasteiger partial charge in [0, 0.05) is 12.6 Å². The number of aliphatic hydroxyl groups is 1. The number of anilines is 2. The molecule has 1 saturated carbocycles. The number of aromatic nitrogens is 1. The Morgan fingerprint density at radius 2 is 1.90 bits per heavy atom. The zero-order valence-electron chi connectivity index (χ0n) is 11.7. The third-order valence-electron chi connectivity index (χ3n) is 3.72. The summed E-state index contributed by atoms with van der Waals surface area (Å²) in [6.07, 6.45) is 4.32. The highest BCUT2D eigenvalue weighted by molar-refractivity contribution is 5.49. The van der Waals surface area contributed by atoms with E-state index in [4.69, 9.17) is 0 Å². The van der Waals surface area contributed by atoms with E-state index in [1.165, 1.54) is 0 Å². The van der Waals surface area contributed by atoms with Crippen LogP contribution < -0.4 is 10.6 Å². The molecule has 0 aliphatic heterocycles. The highest BCUT2D eigenvalue weighted by atomic mass is 19.1. The third-order valence-corrected chi connectivity index (χ3v) is 3.72. The second kappa shape index (κ2) is 6.35. The highest BCUT2D eigenvalue weighted by Crippen LogP contribution is 2.33. The normalized spacial score (nSPS) is 17.2. The molecule has 20 heavy (non-hydrogen) atoms. The first-order valence-corrected chi connectivity index (χ1v) is 7.09. The Bertz CT molecular complexity index is 462. The predicted molar refractivity (Wildman–Crippen MR) is 74.8 cm³/mol.